The van der Waals surface area contributed by atoms with Gasteiger partial charge in [-0.2, -0.15) is 0 Å². The fraction of sp³-hybridized carbons (Fsp3) is 0.273. The van der Waals surface area contributed by atoms with Crippen LogP contribution < -0.4 is 5.32 Å². The van der Waals surface area contributed by atoms with Crippen molar-refractivity contribution in [2.45, 2.75) is 11.3 Å². The van der Waals surface area contributed by atoms with Gasteiger partial charge < -0.3 is 4.90 Å². The zero-order valence-electron chi connectivity index (χ0n) is 8.42. The molecule has 4 nitrogen and oxygen atoms in total. The van der Waals surface area contributed by atoms with Crippen LogP contribution in [0, 0.1) is 0 Å². The Balaban J connectivity index is 1.94. The lowest BCUT2D eigenvalue weighted by Crippen LogP contribution is -2.31. The van der Waals surface area contributed by atoms with E-state index in [1.54, 1.807) is 16.7 Å². The fourth-order valence-corrected chi connectivity index (χ4v) is 3.53. The first-order chi connectivity index (χ1) is 7.77. The Labute approximate surface area is 97.0 Å². The quantitative estimate of drug-likeness (QED) is 0.746. The number of hydrogen-bond acceptors (Lipinski definition) is 3. The molecular formula is C11H10N2O2S. The molecule has 3 rings (SSSR count). The molecule has 1 aromatic rings. The van der Waals surface area contributed by atoms with Crippen LogP contribution in [0.2, 0.25) is 0 Å². The minimum absolute atomic E-state index is 0.0626. The lowest BCUT2D eigenvalue weighted by molar-refractivity contribution is -0.121. The van der Waals surface area contributed by atoms with Crippen LogP contribution in [0.25, 0.3) is 0 Å². The zero-order valence-corrected chi connectivity index (χ0v) is 9.24. The van der Waals surface area contributed by atoms with Gasteiger partial charge in [0.15, 0.2) is 0 Å². The first-order valence-electron chi connectivity index (χ1n) is 5.05. The van der Waals surface area contributed by atoms with E-state index in [1.807, 2.05) is 30.3 Å². The Hall–Kier alpha value is -1.49. The van der Waals surface area contributed by atoms with E-state index < -0.39 is 0 Å². The number of rotatable bonds is 1. The van der Waals surface area contributed by atoms with Crippen LogP contribution in [0.15, 0.2) is 30.3 Å². The molecule has 0 aromatic heterocycles. The summed E-state index contributed by atoms with van der Waals surface area (Å²) >= 11 is 1.64. The summed E-state index contributed by atoms with van der Waals surface area (Å²) in [5.41, 5.74) is 1.10. The third-order valence-corrected chi connectivity index (χ3v) is 4.22. The standard InChI is InChI=1S/C11H10N2O2S/c14-10-8-9(7-4-2-1-3-5-7)16-6-13(8)11(15)12-10/h1-5,8-9H,6H2,(H,12,14,15). The highest BCUT2D eigenvalue weighted by Gasteiger charge is 2.48. The van der Waals surface area contributed by atoms with Crippen LogP contribution in [0.1, 0.15) is 10.8 Å². The number of urea groups is 1. The number of carbonyl (C=O) groups excluding carboxylic acids is 2. The normalized spacial score (nSPS) is 28.1. The van der Waals surface area contributed by atoms with Crippen LogP contribution in [-0.4, -0.2) is 28.8 Å². The van der Waals surface area contributed by atoms with Gasteiger partial charge in [0.1, 0.15) is 6.04 Å². The molecule has 2 aliphatic heterocycles. The number of carbonyl (C=O) groups is 2. The first kappa shape index (κ1) is 9.72. The molecule has 2 fully saturated rings. The molecule has 0 saturated carbocycles. The van der Waals surface area contributed by atoms with Crippen molar-refractivity contribution >= 4 is 23.7 Å². The second-order valence-corrected chi connectivity index (χ2v) is 4.94. The molecule has 2 heterocycles. The first-order valence-corrected chi connectivity index (χ1v) is 6.10. The van der Waals surface area contributed by atoms with E-state index in [4.69, 9.17) is 0 Å². The van der Waals surface area contributed by atoms with Crippen molar-refractivity contribution in [3.05, 3.63) is 35.9 Å². The topological polar surface area (TPSA) is 49.4 Å². The van der Waals surface area contributed by atoms with Gasteiger partial charge in [0.05, 0.1) is 11.1 Å². The molecule has 0 spiro atoms. The molecule has 0 radical (unpaired) electrons. The van der Waals surface area contributed by atoms with E-state index in [-0.39, 0.29) is 23.2 Å². The Kier molecular flexibility index (Phi) is 2.14. The average molecular weight is 234 g/mol. The molecular weight excluding hydrogens is 224 g/mol. The van der Waals surface area contributed by atoms with E-state index in [0.29, 0.717) is 5.88 Å². The summed E-state index contributed by atoms with van der Waals surface area (Å²) in [4.78, 5) is 24.7. The van der Waals surface area contributed by atoms with Crippen molar-refractivity contribution in [1.82, 2.24) is 10.2 Å². The second kappa shape index (κ2) is 3.52. The Bertz CT molecular complexity index is 449. The van der Waals surface area contributed by atoms with Crippen LogP contribution in [0.4, 0.5) is 4.79 Å². The summed E-state index contributed by atoms with van der Waals surface area (Å²) in [5, 5.41) is 2.42. The third-order valence-electron chi connectivity index (χ3n) is 2.90. The number of fused-ring (bicyclic) bond motifs is 1. The van der Waals surface area contributed by atoms with E-state index in [2.05, 4.69) is 5.32 Å². The number of hydrogen-bond donors (Lipinski definition) is 1. The van der Waals surface area contributed by atoms with Crippen molar-refractivity contribution in [1.29, 1.82) is 0 Å². The van der Waals surface area contributed by atoms with E-state index in [9.17, 15) is 9.59 Å². The van der Waals surface area contributed by atoms with Crippen LogP contribution >= 0.6 is 11.8 Å². The van der Waals surface area contributed by atoms with Crippen LogP contribution in [0.5, 0.6) is 0 Å². The molecule has 82 valence electrons. The minimum Gasteiger partial charge on any atom is -0.302 e. The lowest BCUT2D eigenvalue weighted by atomic mass is 10.1. The molecule has 5 heteroatoms. The molecule has 2 unspecified atom stereocenters. The average Bonchev–Trinajstić information content (AvgIpc) is 2.84. The van der Waals surface area contributed by atoms with Gasteiger partial charge in [0, 0.05) is 0 Å². The largest absolute Gasteiger partial charge is 0.325 e. The maximum Gasteiger partial charge on any atom is 0.325 e. The van der Waals surface area contributed by atoms with Crippen LogP contribution in [-0.2, 0) is 4.79 Å². The number of amides is 3. The molecule has 0 aliphatic carbocycles. The van der Waals surface area contributed by atoms with Gasteiger partial charge in [-0.1, -0.05) is 30.3 Å². The van der Waals surface area contributed by atoms with Crippen molar-refractivity contribution in [3.8, 4) is 0 Å². The van der Waals surface area contributed by atoms with Gasteiger partial charge in [-0.05, 0) is 5.56 Å². The maximum atomic E-state index is 11.7. The molecule has 2 saturated heterocycles. The van der Waals surface area contributed by atoms with Crippen molar-refractivity contribution in [2.24, 2.45) is 0 Å². The lowest BCUT2D eigenvalue weighted by Gasteiger charge is -2.15. The summed E-state index contributed by atoms with van der Waals surface area (Å²) in [6, 6.07) is 9.25. The van der Waals surface area contributed by atoms with E-state index in [0.717, 1.165) is 5.56 Å². The van der Waals surface area contributed by atoms with E-state index >= 15 is 0 Å². The smallest absolute Gasteiger partial charge is 0.302 e. The summed E-state index contributed by atoms with van der Waals surface area (Å²) in [7, 11) is 0. The van der Waals surface area contributed by atoms with Crippen molar-refractivity contribution in [2.75, 3.05) is 5.88 Å². The maximum absolute atomic E-state index is 11.7. The molecule has 2 atom stereocenters. The highest BCUT2D eigenvalue weighted by molar-refractivity contribution is 7.99. The second-order valence-electron chi connectivity index (χ2n) is 3.84. The highest BCUT2D eigenvalue weighted by Crippen LogP contribution is 2.43. The Morgan fingerprint density at radius 2 is 2.00 bits per heavy atom. The van der Waals surface area contributed by atoms with Gasteiger partial charge in [-0.25, -0.2) is 4.79 Å². The molecule has 3 amide bonds. The van der Waals surface area contributed by atoms with Gasteiger partial charge in [0.2, 0.25) is 0 Å². The van der Waals surface area contributed by atoms with E-state index in [1.165, 1.54) is 0 Å². The van der Waals surface area contributed by atoms with Crippen molar-refractivity contribution < 1.29 is 9.59 Å². The summed E-state index contributed by atoms with van der Waals surface area (Å²) in [5.74, 6) is 0.408. The fourth-order valence-electron chi connectivity index (χ4n) is 2.13. The zero-order chi connectivity index (χ0) is 11.1. The summed E-state index contributed by atoms with van der Waals surface area (Å²) in [6.07, 6.45) is 0. The minimum atomic E-state index is -0.333. The van der Waals surface area contributed by atoms with Gasteiger partial charge in [-0.15, -0.1) is 11.8 Å². The molecule has 2 aliphatic rings. The summed E-state index contributed by atoms with van der Waals surface area (Å²) in [6.45, 7) is 0. The van der Waals surface area contributed by atoms with Crippen LogP contribution in [0.3, 0.4) is 0 Å². The molecule has 16 heavy (non-hydrogen) atoms. The number of thioether (sulfide) groups is 1. The summed E-state index contributed by atoms with van der Waals surface area (Å²) < 4.78 is 0. The predicted molar refractivity (Wildman–Crippen MR) is 60.8 cm³/mol. The third kappa shape index (κ3) is 1.31. The number of imide groups is 1. The van der Waals surface area contributed by atoms with Crippen molar-refractivity contribution in [3.63, 3.8) is 0 Å². The Morgan fingerprint density at radius 1 is 1.25 bits per heavy atom. The van der Waals surface area contributed by atoms with Gasteiger partial charge >= 0.3 is 6.03 Å². The number of benzene rings is 1. The molecule has 1 aromatic carbocycles. The van der Waals surface area contributed by atoms with Gasteiger partial charge in [-0.3, -0.25) is 10.1 Å². The Morgan fingerprint density at radius 3 is 2.75 bits per heavy atom. The molecule has 0 bridgehead atoms. The SMILES string of the molecule is O=C1NC(=O)N2CSC(c3ccccc3)C12. The van der Waals surface area contributed by atoms with Gasteiger partial charge in [0.25, 0.3) is 5.91 Å². The molecule has 1 N–H and O–H groups in total. The number of nitrogens with one attached hydrogen (secondary N) is 1. The highest BCUT2D eigenvalue weighted by atomic mass is 32.2. The number of nitrogens with zero attached hydrogens (tertiary/aromatic N) is 1. The monoisotopic (exact) mass is 234 g/mol. The predicted octanol–water partition coefficient (Wildman–Crippen LogP) is 1.35.